The van der Waals surface area contributed by atoms with Gasteiger partial charge in [0.15, 0.2) is 5.79 Å². The molecule has 3 nitrogen and oxygen atoms in total. The minimum atomic E-state index is -0.205. The summed E-state index contributed by atoms with van der Waals surface area (Å²) in [4.78, 5) is 0. The van der Waals surface area contributed by atoms with Crippen LogP contribution >= 0.6 is 11.8 Å². The smallest absolute Gasteiger partial charge is 0.168 e. The first-order valence-corrected chi connectivity index (χ1v) is 7.57. The van der Waals surface area contributed by atoms with Gasteiger partial charge < -0.3 is 14.8 Å². The number of ether oxygens (including phenoxy) is 2. The molecule has 0 aromatic rings. The number of thioether (sulfide) groups is 1. The molecule has 2 aliphatic rings. The van der Waals surface area contributed by atoms with E-state index in [1.807, 2.05) is 11.8 Å². The predicted molar refractivity (Wildman–Crippen MR) is 67.9 cm³/mol. The second kappa shape index (κ2) is 5.71. The molecule has 0 amide bonds. The Morgan fingerprint density at radius 3 is 2.50 bits per heavy atom. The average molecular weight is 245 g/mol. The molecule has 1 saturated heterocycles. The first-order chi connectivity index (χ1) is 7.74. The largest absolute Gasteiger partial charge is 0.348 e. The van der Waals surface area contributed by atoms with E-state index in [1.165, 1.54) is 12.8 Å². The summed E-state index contributed by atoms with van der Waals surface area (Å²) in [6, 6.07) is 0.660. The predicted octanol–water partition coefficient (Wildman–Crippen LogP) is 2.01. The van der Waals surface area contributed by atoms with Gasteiger partial charge >= 0.3 is 0 Å². The fraction of sp³-hybridized carbons (Fsp3) is 1.00. The van der Waals surface area contributed by atoms with Gasteiger partial charge in [0.2, 0.25) is 0 Å². The molecule has 1 N–H and O–H groups in total. The maximum absolute atomic E-state index is 5.72. The highest BCUT2D eigenvalue weighted by Crippen LogP contribution is 2.35. The van der Waals surface area contributed by atoms with Crippen LogP contribution in [0.1, 0.15) is 32.6 Å². The zero-order valence-corrected chi connectivity index (χ0v) is 11.1. The lowest BCUT2D eigenvalue weighted by Crippen LogP contribution is -2.43. The summed E-state index contributed by atoms with van der Waals surface area (Å²) in [7, 11) is 0. The second-order valence-electron chi connectivity index (χ2n) is 4.84. The van der Waals surface area contributed by atoms with Crippen molar-refractivity contribution < 1.29 is 9.47 Å². The summed E-state index contributed by atoms with van der Waals surface area (Å²) in [5, 5.41) is 4.35. The molecule has 16 heavy (non-hydrogen) atoms. The van der Waals surface area contributed by atoms with Crippen LogP contribution in [0, 0.1) is 0 Å². The molecule has 1 spiro atoms. The van der Waals surface area contributed by atoms with Crippen molar-refractivity contribution in [1.82, 2.24) is 5.32 Å². The van der Waals surface area contributed by atoms with Gasteiger partial charge in [0.05, 0.1) is 13.2 Å². The molecule has 1 aliphatic heterocycles. The van der Waals surface area contributed by atoms with Crippen LogP contribution in [0.15, 0.2) is 0 Å². The maximum atomic E-state index is 5.72. The Morgan fingerprint density at radius 1 is 1.31 bits per heavy atom. The Hall–Kier alpha value is 0.230. The van der Waals surface area contributed by atoms with Crippen molar-refractivity contribution in [3.05, 3.63) is 0 Å². The van der Waals surface area contributed by atoms with Gasteiger partial charge in [0, 0.05) is 30.7 Å². The molecule has 0 radical (unpaired) electrons. The van der Waals surface area contributed by atoms with Gasteiger partial charge in [-0.1, -0.05) is 6.92 Å². The highest BCUT2D eigenvalue weighted by Gasteiger charge is 2.40. The van der Waals surface area contributed by atoms with Crippen molar-refractivity contribution in [1.29, 1.82) is 0 Å². The van der Waals surface area contributed by atoms with Gasteiger partial charge in [-0.2, -0.15) is 11.8 Å². The van der Waals surface area contributed by atoms with Crippen LogP contribution in [-0.2, 0) is 9.47 Å². The summed E-state index contributed by atoms with van der Waals surface area (Å²) in [6.45, 7) is 4.94. The van der Waals surface area contributed by atoms with E-state index in [-0.39, 0.29) is 5.79 Å². The van der Waals surface area contributed by atoms with Crippen LogP contribution in [0.3, 0.4) is 0 Å². The number of hydrogen-bond donors (Lipinski definition) is 1. The third-order valence-corrected chi connectivity index (χ3v) is 4.63. The third kappa shape index (κ3) is 3.13. The Bertz CT molecular complexity index is 209. The minimum absolute atomic E-state index is 0.205. The van der Waals surface area contributed by atoms with Crippen molar-refractivity contribution in [3.63, 3.8) is 0 Å². The zero-order chi connectivity index (χ0) is 11.4. The van der Waals surface area contributed by atoms with Crippen LogP contribution in [0.4, 0.5) is 0 Å². The van der Waals surface area contributed by atoms with Crippen LogP contribution in [-0.4, -0.2) is 43.1 Å². The minimum Gasteiger partial charge on any atom is -0.348 e. The molecule has 1 heterocycles. The van der Waals surface area contributed by atoms with E-state index < -0.39 is 0 Å². The van der Waals surface area contributed by atoms with Crippen LogP contribution in [0.2, 0.25) is 0 Å². The van der Waals surface area contributed by atoms with E-state index in [2.05, 4.69) is 18.5 Å². The topological polar surface area (TPSA) is 30.5 Å². The van der Waals surface area contributed by atoms with Crippen LogP contribution < -0.4 is 5.32 Å². The summed E-state index contributed by atoms with van der Waals surface area (Å²) in [5.41, 5.74) is 0. The Morgan fingerprint density at radius 2 is 1.94 bits per heavy atom. The van der Waals surface area contributed by atoms with Gasteiger partial charge in [-0.25, -0.2) is 0 Å². The quantitative estimate of drug-likeness (QED) is 0.821. The van der Waals surface area contributed by atoms with Crippen molar-refractivity contribution in [2.45, 2.75) is 49.7 Å². The molecule has 1 atom stereocenters. The Labute approximate surface area is 103 Å². The fourth-order valence-electron chi connectivity index (χ4n) is 2.46. The molecule has 2 fully saturated rings. The molecule has 4 heteroatoms. The number of hydrogen-bond acceptors (Lipinski definition) is 4. The summed E-state index contributed by atoms with van der Waals surface area (Å²) in [6.07, 6.45) is 6.64. The Balaban J connectivity index is 1.69. The lowest BCUT2D eigenvalue weighted by molar-refractivity contribution is -0.179. The van der Waals surface area contributed by atoms with Gasteiger partial charge in [0.1, 0.15) is 0 Å². The molecule has 1 unspecified atom stereocenters. The molecule has 0 bridgehead atoms. The molecule has 94 valence electrons. The summed E-state index contributed by atoms with van der Waals surface area (Å²) < 4.78 is 11.4. The Kier molecular flexibility index (Phi) is 4.53. The normalized spacial score (nSPS) is 27.4. The average Bonchev–Trinajstić information content (AvgIpc) is 2.77. The van der Waals surface area contributed by atoms with Crippen molar-refractivity contribution >= 4 is 11.8 Å². The van der Waals surface area contributed by atoms with E-state index in [0.717, 1.165) is 32.6 Å². The molecule has 0 aromatic heterocycles. The van der Waals surface area contributed by atoms with E-state index in [0.29, 0.717) is 11.3 Å². The second-order valence-corrected chi connectivity index (χ2v) is 6.11. The highest BCUT2D eigenvalue weighted by atomic mass is 32.2. The van der Waals surface area contributed by atoms with Gasteiger partial charge in [-0.05, 0) is 19.1 Å². The van der Waals surface area contributed by atoms with E-state index in [4.69, 9.17) is 9.47 Å². The molecular formula is C12H23NO2S. The lowest BCUT2D eigenvalue weighted by Gasteiger charge is -2.36. The first kappa shape index (κ1) is 12.7. The molecular weight excluding hydrogens is 222 g/mol. The zero-order valence-electron chi connectivity index (χ0n) is 10.3. The maximum Gasteiger partial charge on any atom is 0.168 e. The fourth-order valence-corrected chi connectivity index (χ4v) is 2.73. The third-order valence-electron chi connectivity index (χ3n) is 3.66. The standard InChI is InChI=1S/C12H23NO2S/c1-10(16-2)9-13-11-3-5-12(6-4-11)14-7-8-15-12/h10-11,13H,3-9H2,1-2H3. The monoisotopic (exact) mass is 245 g/mol. The molecule has 2 rings (SSSR count). The molecule has 1 saturated carbocycles. The van der Waals surface area contributed by atoms with Gasteiger partial charge in [0.25, 0.3) is 0 Å². The van der Waals surface area contributed by atoms with Crippen molar-refractivity contribution in [2.24, 2.45) is 0 Å². The lowest BCUT2D eigenvalue weighted by atomic mass is 9.90. The van der Waals surface area contributed by atoms with Gasteiger partial charge in [-0.3, -0.25) is 0 Å². The summed E-state index contributed by atoms with van der Waals surface area (Å²) in [5.74, 6) is -0.205. The van der Waals surface area contributed by atoms with E-state index >= 15 is 0 Å². The molecule has 1 aliphatic carbocycles. The van der Waals surface area contributed by atoms with Gasteiger partial charge in [-0.15, -0.1) is 0 Å². The molecule has 0 aromatic carbocycles. The number of rotatable bonds is 4. The SMILES string of the molecule is CSC(C)CNC1CCC2(CC1)OCCO2. The number of nitrogens with one attached hydrogen (secondary N) is 1. The van der Waals surface area contributed by atoms with Crippen molar-refractivity contribution in [3.8, 4) is 0 Å². The van der Waals surface area contributed by atoms with Crippen LogP contribution in [0.25, 0.3) is 0 Å². The van der Waals surface area contributed by atoms with Crippen molar-refractivity contribution in [2.75, 3.05) is 26.0 Å². The van der Waals surface area contributed by atoms with Crippen LogP contribution in [0.5, 0.6) is 0 Å². The first-order valence-electron chi connectivity index (χ1n) is 6.28. The van der Waals surface area contributed by atoms with E-state index in [1.54, 1.807) is 0 Å². The van der Waals surface area contributed by atoms with E-state index in [9.17, 15) is 0 Å². The summed E-state index contributed by atoms with van der Waals surface area (Å²) >= 11 is 1.92. The highest BCUT2D eigenvalue weighted by molar-refractivity contribution is 7.99.